The fraction of sp³-hybridized carbons (Fsp3) is 0.667. The van der Waals surface area contributed by atoms with Gasteiger partial charge in [0.25, 0.3) is 0 Å². The molecule has 0 saturated carbocycles. The summed E-state index contributed by atoms with van der Waals surface area (Å²) in [6, 6.07) is 0. The predicted molar refractivity (Wildman–Crippen MR) is 71.5 cm³/mol. The third-order valence-corrected chi connectivity index (χ3v) is 3.41. The van der Waals surface area contributed by atoms with Crippen LogP contribution in [0, 0.1) is 5.41 Å². The summed E-state index contributed by atoms with van der Waals surface area (Å²) in [5.74, 6) is 0.220. The zero-order chi connectivity index (χ0) is 12.6. The van der Waals surface area contributed by atoms with Crippen LogP contribution in [0.3, 0.4) is 0 Å². The predicted octanol–water partition coefficient (Wildman–Crippen LogP) is 4.68. The first kappa shape index (κ1) is 15.2. The van der Waals surface area contributed by atoms with Crippen molar-refractivity contribution < 1.29 is 4.79 Å². The van der Waals surface area contributed by atoms with E-state index in [0.717, 1.165) is 37.7 Å². The Morgan fingerprint density at radius 1 is 1.25 bits per heavy atom. The lowest BCUT2D eigenvalue weighted by molar-refractivity contribution is -0.113. The highest BCUT2D eigenvalue weighted by Crippen LogP contribution is 2.34. The van der Waals surface area contributed by atoms with E-state index in [2.05, 4.69) is 33.4 Å². The number of hydrogen-bond acceptors (Lipinski definition) is 1. The molecule has 0 spiro atoms. The Hall–Kier alpha value is -0.850. The number of allylic oxidation sites excluding steroid dienone is 3. The fourth-order valence-electron chi connectivity index (χ4n) is 2.08. The molecule has 0 rings (SSSR count). The number of carbonyl (C=O) groups excluding carboxylic acids is 1. The lowest BCUT2D eigenvalue weighted by Crippen LogP contribution is -2.17. The Bertz CT molecular complexity index is 257. The van der Waals surface area contributed by atoms with Crippen LogP contribution in [0.2, 0.25) is 0 Å². The normalized spacial score (nSPS) is 12.6. The zero-order valence-electron chi connectivity index (χ0n) is 11.3. The third kappa shape index (κ3) is 4.34. The molecule has 0 amide bonds. The number of ketones is 1. The van der Waals surface area contributed by atoms with E-state index < -0.39 is 0 Å². The van der Waals surface area contributed by atoms with Gasteiger partial charge in [-0.3, -0.25) is 4.79 Å². The highest BCUT2D eigenvalue weighted by molar-refractivity contribution is 5.93. The second-order valence-corrected chi connectivity index (χ2v) is 4.54. The van der Waals surface area contributed by atoms with Gasteiger partial charge in [-0.15, -0.1) is 6.58 Å². The lowest BCUT2D eigenvalue weighted by Gasteiger charge is -2.28. The van der Waals surface area contributed by atoms with E-state index in [1.54, 1.807) is 6.92 Å². The Morgan fingerprint density at radius 2 is 1.81 bits per heavy atom. The van der Waals surface area contributed by atoms with Gasteiger partial charge in [-0.2, -0.15) is 0 Å². The van der Waals surface area contributed by atoms with Crippen LogP contribution in [-0.4, -0.2) is 5.78 Å². The van der Waals surface area contributed by atoms with Crippen molar-refractivity contribution in [1.29, 1.82) is 0 Å². The van der Waals surface area contributed by atoms with Gasteiger partial charge in [0.1, 0.15) is 0 Å². The molecule has 0 unspecified atom stereocenters. The molecule has 0 aliphatic heterocycles. The van der Waals surface area contributed by atoms with Crippen molar-refractivity contribution in [2.75, 3.05) is 0 Å². The molecule has 0 atom stereocenters. The molecule has 0 aromatic rings. The summed E-state index contributed by atoms with van der Waals surface area (Å²) < 4.78 is 0. The summed E-state index contributed by atoms with van der Waals surface area (Å²) in [7, 11) is 0. The van der Waals surface area contributed by atoms with Crippen molar-refractivity contribution in [2.24, 2.45) is 5.41 Å². The highest BCUT2D eigenvalue weighted by atomic mass is 16.1. The minimum absolute atomic E-state index is 0.137. The average molecular weight is 222 g/mol. The van der Waals surface area contributed by atoms with Gasteiger partial charge in [-0.05, 0) is 43.6 Å². The summed E-state index contributed by atoms with van der Waals surface area (Å²) in [5.41, 5.74) is 1.13. The van der Waals surface area contributed by atoms with Crippen molar-refractivity contribution in [1.82, 2.24) is 0 Å². The van der Waals surface area contributed by atoms with E-state index in [9.17, 15) is 4.79 Å². The Morgan fingerprint density at radius 3 is 2.12 bits per heavy atom. The van der Waals surface area contributed by atoms with Crippen LogP contribution in [-0.2, 0) is 4.79 Å². The van der Waals surface area contributed by atoms with E-state index in [1.165, 1.54) is 0 Å². The van der Waals surface area contributed by atoms with Crippen LogP contribution in [0.5, 0.6) is 0 Å². The van der Waals surface area contributed by atoms with Crippen LogP contribution in [0.15, 0.2) is 24.3 Å². The van der Waals surface area contributed by atoms with Gasteiger partial charge in [-0.25, -0.2) is 0 Å². The molecule has 0 aromatic heterocycles. The summed E-state index contributed by atoms with van der Waals surface area (Å²) in [4.78, 5) is 11.6. The third-order valence-electron chi connectivity index (χ3n) is 3.41. The number of hydrogen-bond donors (Lipinski definition) is 0. The Kier molecular flexibility index (Phi) is 7.03. The van der Waals surface area contributed by atoms with Crippen molar-refractivity contribution in [3.05, 3.63) is 24.3 Å². The van der Waals surface area contributed by atoms with Crippen molar-refractivity contribution >= 4 is 5.78 Å². The highest BCUT2D eigenvalue weighted by Gasteiger charge is 2.23. The molecule has 0 bridgehead atoms. The van der Waals surface area contributed by atoms with Crippen LogP contribution in [0.1, 0.15) is 59.8 Å². The van der Waals surface area contributed by atoms with Crippen LogP contribution < -0.4 is 0 Å². The van der Waals surface area contributed by atoms with E-state index in [4.69, 9.17) is 0 Å². The molecule has 1 nitrogen and oxygen atoms in total. The van der Waals surface area contributed by atoms with E-state index in [0.29, 0.717) is 0 Å². The van der Waals surface area contributed by atoms with Gasteiger partial charge in [0, 0.05) is 0 Å². The molecule has 1 heteroatoms. The first-order valence-electron chi connectivity index (χ1n) is 6.38. The SMILES string of the molecule is C=CCC(C=C(CCC)C(C)=O)(CC)CC. The van der Waals surface area contributed by atoms with Gasteiger partial charge in [0.05, 0.1) is 0 Å². The molecular weight excluding hydrogens is 196 g/mol. The number of Topliss-reactive ketones (excluding diaryl/α,β-unsaturated/α-hetero) is 1. The largest absolute Gasteiger partial charge is 0.295 e. The van der Waals surface area contributed by atoms with Crippen LogP contribution in [0.4, 0.5) is 0 Å². The molecule has 0 N–H and O–H groups in total. The molecule has 0 aromatic carbocycles. The van der Waals surface area contributed by atoms with Gasteiger partial charge in [0.15, 0.2) is 5.78 Å². The van der Waals surface area contributed by atoms with Gasteiger partial charge < -0.3 is 0 Å². The van der Waals surface area contributed by atoms with E-state index in [1.807, 2.05) is 6.08 Å². The molecule has 0 radical (unpaired) electrons. The molecule has 0 aliphatic carbocycles. The number of carbonyl (C=O) groups is 1. The Labute approximate surface area is 101 Å². The smallest absolute Gasteiger partial charge is 0.155 e. The van der Waals surface area contributed by atoms with Crippen molar-refractivity contribution in [2.45, 2.75) is 59.8 Å². The first-order valence-corrected chi connectivity index (χ1v) is 6.38. The van der Waals surface area contributed by atoms with Crippen LogP contribution in [0.25, 0.3) is 0 Å². The molecule has 0 heterocycles. The molecular formula is C15H26O. The molecule has 92 valence electrons. The molecule has 0 fully saturated rings. The lowest BCUT2D eigenvalue weighted by atomic mass is 9.77. The van der Waals surface area contributed by atoms with E-state index in [-0.39, 0.29) is 11.2 Å². The minimum Gasteiger partial charge on any atom is -0.295 e. The first-order chi connectivity index (χ1) is 7.55. The zero-order valence-corrected chi connectivity index (χ0v) is 11.3. The second kappa shape index (κ2) is 7.43. The van der Waals surface area contributed by atoms with Crippen molar-refractivity contribution in [3.63, 3.8) is 0 Å². The molecule has 0 aliphatic rings. The fourth-order valence-corrected chi connectivity index (χ4v) is 2.08. The average Bonchev–Trinajstić information content (AvgIpc) is 2.27. The number of rotatable bonds is 8. The summed E-state index contributed by atoms with van der Waals surface area (Å²) in [6.45, 7) is 12.0. The maximum absolute atomic E-state index is 11.6. The summed E-state index contributed by atoms with van der Waals surface area (Å²) >= 11 is 0. The maximum atomic E-state index is 11.6. The summed E-state index contributed by atoms with van der Waals surface area (Å²) in [5, 5.41) is 0. The van der Waals surface area contributed by atoms with E-state index >= 15 is 0 Å². The standard InChI is InChI=1S/C15H26O/c1-6-10-14(13(5)16)12-15(8-3,9-4)11-7-2/h7,12H,2,6,8-11H2,1,3-5H3. The van der Waals surface area contributed by atoms with Gasteiger partial charge >= 0.3 is 0 Å². The van der Waals surface area contributed by atoms with Gasteiger partial charge in [0.2, 0.25) is 0 Å². The molecule has 0 saturated heterocycles. The quantitative estimate of drug-likeness (QED) is 0.430. The monoisotopic (exact) mass is 222 g/mol. The van der Waals surface area contributed by atoms with Crippen LogP contribution >= 0.6 is 0 Å². The Balaban J connectivity index is 5.10. The van der Waals surface area contributed by atoms with Gasteiger partial charge in [-0.1, -0.05) is 39.3 Å². The summed E-state index contributed by atoms with van der Waals surface area (Å²) in [6.07, 6.45) is 9.19. The molecule has 16 heavy (non-hydrogen) atoms. The minimum atomic E-state index is 0.137. The topological polar surface area (TPSA) is 17.1 Å². The van der Waals surface area contributed by atoms with Crippen molar-refractivity contribution in [3.8, 4) is 0 Å². The second-order valence-electron chi connectivity index (χ2n) is 4.54. The maximum Gasteiger partial charge on any atom is 0.155 e.